The smallest absolute Gasteiger partial charge is 0.132 e. The van der Waals surface area contributed by atoms with E-state index < -0.39 is 11.9 Å². The average molecular weight is 489 g/mol. The first-order chi connectivity index (χ1) is 17.4. The van der Waals surface area contributed by atoms with E-state index in [9.17, 15) is 13.9 Å². The molecular weight excluding hydrogens is 462 g/mol. The van der Waals surface area contributed by atoms with Gasteiger partial charge in [-0.15, -0.1) is 0 Å². The van der Waals surface area contributed by atoms with Crippen molar-refractivity contribution in [2.24, 2.45) is 10.9 Å². The van der Waals surface area contributed by atoms with Crippen LogP contribution in [0.5, 0.6) is 0 Å². The number of nitrogens with two attached hydrogens (primary N) is 1. The van der Waals surface area contributed by atoms with E-state index in [1.807, 2.05) is 31.2 Å². The highest BCUT2D eigenvalue weighted by atomic mass is 19.1. The molecule has 0 radical (unpaired) electrons. The van der Waals surface area contributed by atoms with Gasteiger partial charge < -0.3 is 20.9 Å². The minimum atomic E-state index is -0.720. The molecule has 0 bridgehead atoms. The van der Waals surface area contributed by atoms with Crippen LogP contribution in [0.1, 0.15) is 17.5 Å². The lowest BCUT2D eigenvalue weighted by Gasteiger charge is -2.37. The third kappa shape index (κ3) is 4.41. The van der Waals surface area contributed by atoms with Gasteiger partial charge in [0, 0.05) is 41.8 Å². The molecule has 1 aliphatic rings. The van der Waals surface area contributed by atoms with Crippen LogP contribution < -0.4 is 10.6 Å². The van der Waals surface area contributed by atoms with Crippen molar-refractivity contribution in [3.63, 3.8) is 0 Å². The van der Waals surface area contributed by atoms with Gasteiger partial charge in [-0.1, -0.05) is 29.4 Å². The number of pyridine rings is 1. The summed E-state index contributed by atoms with van der Waals surface area (Å²) in [6.07, 6.45) is 2.66. The van der Waals surface area contributed by atoms with E-state index in [0.717, 1.165) is 28.4 Å². The summed E-state index contributed by atoms with van der Waals surface area (Å²) >= 11 is 0. The van der Waals surface area contributed by atoms with Crippen molar-refractivity contribution >= 4 is 22.8 Å². The maximum atomic E-state index is 14.5. The first-order valence-corrected chi connectivity index (χ1v) is 11.7. The second kappa shape index (κ2) is 9.64. The number of rotatable bonds is 4. The summed E-state index contributed by atoms with van der Waals surface area (Å²) in [6, 6.07) is 14.7. The zero-order chi connectivity index (χ0) is 25.4. The Morgan fingerprint density at radius 3 is 2.67 bits per heavy atom. The molecular formula is C28H26F2N4O2. The molecule has 36 heavy (non-hydrogen) atoms. The highest BCUT2D eigenvalue weighted by molar-refractivity contribution is 6.03. The maximum Gasteiger partial charge on any atom is 0.132 e. The quantitative estimate of drug-likeness (QED) is 0.217. The molecule has 8 heteroatoms. The number of hydrogen-bond donors (Lipinski definition) is 3. The molecule has 2 unspecified atom stereocenters. The second-order valence-electron chi connectivity index (χ2n) is 9.18. The van der Waals surface area contributed by atoms with Crippen molar-refractivity contribution in [2.75, 3.05) is 18.0 Å². The number of oxime groups is 1. The molecule has 0 aliphatic carbocycles. The van der Waals surface area contributed by atoms with E-state index >= 15 is 0 Å². The SMILES string of the molecule is Cc1cc(F)cc(-c2cnc3ccc(-c4cccc(F)c4C=NO)cc3c2N2CCC(N)C(O)C2)c1. The molecule has 2 heterocycles. The van der Waals surface area contributed by atoms with Crippen LogP contribution in [0.2, 0.25) is 0 Å². The first kappa shape index (κ1) is 23.8. The molecule has 184 valence electrons. The van der Waals surface area contributed by atoms with E-state index in [0.29, 0.717) is 41.7 Å². The number of nitrogens with zero attached hydrogens (tertiary/aromatic N) is 3. The number of halogens is 2. The van der Waals surface area contributed by atoms with E-state index in [1.165, 1.54) is 18.2 Å². The number of hydrogen-bond acceptors (Lipinski definition) is 6. The summed E-state index contributed by atoms with van der Waals surface area (Å²) < 4.78 is 28.9. The number of piperidine rings is 1. The van der Waals surface area contributed by atoms with Gasteiger partial charge in [0.25, 0.3) is 0 Å². The lowest BCUT2D eigenvalue weighted by atomic mass is 9.94. The van der Waals surface area contributed by atoms with Crippen LogP contribution in [0.15, 0.2) is 65.9 Å². The molecule has 0 amide bonds. The zero-order valence-corrected chi connectivity index (χ0v) is 19.7. The topological polar surface area (TPSA) is 95.0 Å². The maximum absolute atomic E-state index is 14.5. The van der Waals surface area contributed by atoms with Gasteiger partial charge in [0.15, 0.2) is 0 Å². The monoisotopic (exact) mass is 488 g/mol. The van der Waals surface area contributed by atoms with Crippen LogP contribution in [-0.4, -0.2) is 46.7 Å². The molecule has 0 saturated carbocycles. The third-order valence-electron chi connectivity index (χ3n) is 6.69. The lowest BCUT2D eigenvalue weighted by molar-refractivity contribution is 0.132. The van der Waals surface area contributed by atoms with Crippen LogP contribution in [0.4, 0.5) is 14.5 Å². The first-order valence-electron chi connectivity index (χ1n) is 11.7. The average Bonchev–Trinajstić information content (AvgIpc) is 2.85. The van der Waals surface area contributed by atoms with Gasteiger partial charge in [-0.3, -0.25) is 4.98 Å². The third-order valence-corrected chi connectivity index (χ3v) is 6.69. The van der Waals surface area contributed by atoms with Gasteiger partial charge in [-0.2, -0.15) is 0 Å². The van der Waals surface area contributed by atoms with Crippen LogP contribution >= 0.6 is 0 Å². The van der Waals surface area contributed by atoms with Crippen molar-refractivity contribution in [2.45, 2.75) is 25.5 Å². The summed E-state index contributed by atoms with van der Waals surface area (Å²) in [5.41, 5.74) is 11.1. The second-order valence-corrected chi connectivity index (χ2v) is 9.18. The zero-order valence-electron chi connectivity index (χ0n) is 19.7. The molecule has 6 nitrogen and oxygen atoms in total. The summed E-state index contributed by atoms with van der Waals surface area (Å²) in [5.74, 6) is -0.862. The largest absolute Gasteiger partial charge is 0.411 e. The molecule has 5 rings (SSSR count). The van der Waals surface area contributed by atoms with Gasteiger partial charge in [0.1, 0.15) is 11.6 Å². The normalized spacial score (nSPS) is 18.3. The molecule has 4 aromatic rings. The van der Waals surface area contributed by atoms with Gasteiger partial charge in [-0.05, 0) is 65.9 Å². The van der Waals surface area contributed by atoms with E-state index in [2.05, 4.69) is 15.0 Å². The fourth-order valence-electron chi connectivity index (χ4n) is 4.92. The Balaban J connectivity index is 1.77. The van der Waals surface area contributed by atoms with Gasteiger partial charge in [-0.25, -0.2) is 8.78 Å². The Hall–Kier alpha value is -3.88. The molecule has 4 N–H and O–H groups in total. The molecule has 3 aromatic carbocycles. The van der Waals surface area contributed by atoms with E-state index in [1.54, 1.807) is 18.3 Å². The lowest BCUT2D eigenvalue weighted by Crippen LogP contribution is -2.50. The Labute approximate surface area is 207 Å². The number of aryl methyl sites for hydroxylation is 1. The van der Waals surface area contributed by atoms with Crippen LogP contribution in [-0.2, 0) is 0 Å². The molecule has 2 atom stereocenters. The summed E-state index contributed by atoms with van der Waals surface area (Å²) in [6.45, 7) is 2.75. The van der Waals surface area contributed by atoms with Crippen molar-refractivity contribution in [3.05, 3.63) is 83.6 Å². The van der Waals surface area contributed by atoms with Crippen molar-refractivity contribution in [1.29, 1.82) is 0 Å². The standard InChI is InChI=1S/C28H26F2N4O2/c1-16-9-18(11-19(29)10-16)22-13-32-26-6-5-17(20-3-2-4-24(30)23(20)14-33-36)12-21(26)28(22)34-8-7-25(31)27(35)15-34/h2-6,9-14,25,27,35-36H,7-8,15,31H2,1H3. The van der Waals surface area contributed by atoms with Gasteiger partial charge in [0.05, 0.1) is 23.5 Å². The van der Waals surface area contributed by atoms with Crippen molar-refractivity contribution in [1.82, 2.24) is 4.98 Å². The molecule has 1 saturated heterocycles. The van der Waals surface area contributed by atoms with Crippen molar-refractivity contribution in [3.8, 4) is 22.3 Å². The Morgan fingerprint density at radius 1 is 1.08 bits per heavy atom. The Kier molecular flexibility index (Phi) is 6.38. The number of aliphatic hydroxyl groups is 1. The number of β-amino-alcohol motifs (C(OH)–C–C–N with tert-alkyl or cyclic N) is 1. The number of anilines is 1. The van der Waals surface area contributed by atoms with Crippen LogP contribution in [0.25, 0.3) is 33.2 Å². The predicted molar refractivity (Wildman–Crippen MR) is 137 cm³/mol. The molecule has 1 aliphatic heterocycles. The Bertz CT molecular complexity index is 1450. The minimum absolute atomic E-state index is 0.158. The summed E-state index contributed by atoms with van der Waals surface area (Å²) in [7, 11) is 0. The van der Waals surface area contributed by atoms with E-state index in [4.69, 9.17) is 10.9 Å². The van der Waals surface area contributed by atoms with Gasteiger partial charge in [0.2, 0.25) is 0 Å². The number of benzene rings is 3. The molecule has 1 fully saturated rings. The molecule has 1 aromatic heterocycles. The van der Waals surface area contributed by atoms with Crippen LogP contribution in [0, 0.1) is 18.6 Å². The summed E-state index contributed by atoms with van der Waals surface area (Å²) in [5, 5.41) is 23.4. The number of fused-ring (bicyclic) bond motifs is 1. The fourth-order valence-corrected chi connectivity index (χ4v) is 4.92. The van der Waals surface area contributed by atoms with Crippen LogP contribution in [0.3, 0.4) is 0 Å². The summed E-state index contributed by atoms with van der Waals surface area (Å²) in [4.78, 5) is 6.70. The fraction of sp³-hybridized carbons (Fsp3) is 0.214. The number of aliphatic hydroxyl groups excluding tert-OH is 1. The highest BCUT2D eigenvalue weighted by Crippen LogP contribution is 2.40. The highest BCUT2D eigenvalue weighted by Gasteiger charge is 2.28. The van der Waals surface area contributed by atoms with Gasteiger partial charge >= 0.3 is 0 Å². The van der Waals surface area contributed by atoms with E-state index in [-0.39, 0.29) is 17.4 Å². The van der Waals surface area contributed by atoms with Crippen molar-refractivity contribution < 1.29 is 19.1 Å². The minimum Gasteiger partial charge on any atom is -0.411 e. The predicted octanol–water partition coefficient (Wildman–Crippen LogP) is 4.86. The molecule has 0 spiro atoms. The Morgan fingerprint density at radius 2 is 1.92 bits per heavy atom. The number of aromatic nitrogens is 1.